The fraction of sp³-hybridized carbons (Fsp3) is 0.333. The maximum atomic E-state index is 9.44. The molecule has 0 aromatic heterocycles. The molecule has 0 N–H and O–H groups in total. The molecule has 0 bridgehead atoms. The number of hydrogen-bond acceptors (Lipinski definition) is 1. The topological polar surface area (TPSA) is 17.1 Å². The number of hydrogen-bond donors (Lipinski definition) is 0. The Hall–Kier alpha value is 1.27. The molecule has 1 atom stereocenters. The van der Waals surface area contributed by atoms with Crippen molar-refractivity contribution in [3.63, 3.8) is 0 Å². The van der Waals surface area contributed by atoms with Crippen molar-refractivity contribution in [2.75, 3.05) is 6.26 Å². The zero-order valence-electron chi connectivity index (χ0n) is 4.83. The summed E-state index contributed by atoms with van der Waals surface area (Å²) in [6, 6.07) is 0. The van der Waals surface area contributed by atoms with Gasteiger partial charge in [-0.2, -0.15) is 0 Å². The van der Waals surface area contributed by atoms with Crippen LogP contribution in [0, 0.1) is 13.7 Å². The van der Waals surface area contributed by atoms with E-state index in [4.69, 9.17) is 0 Å². The van der Waals surface area contributed by atoms with Gasteiger partial charge in [0.2, 0.25) is 0 Å². The van der Waals surface area contributed by atoms with Gasteiger partial charge in [0.15, 0.2) is 0 Å². The molecule has 0 amide bonds. The first kappa shape index (κ1) is 24.0. The average molecular weight is 163 g/mol. The Balaban J connectivity index is -0.0000000150. The maximum absolute atomic E-state index is 9.44. The Kier molecular flexibility index (Phi) is 53.7. The van der Waals surface area contributed by atoms with Crippen LogP contribution in [-0.2, 0) is 27.9 Å². The second kappa shape index (κ2) is 15.7. The molecular weight excluding hydrogens is 155 g/mol. The molecule has 0 aliphatic carbocycles. The van der Waals surface area contributed by atoms with E-state index in [0.29, 0.717) is 0 Å². The van der Waals surface area contributed by atoms with Crippen molar-refractivity contribution in [2.24, 2.45) is 0 Å². The first-order valence-electron chi connectivity index (χ1n) is 0.864. The van der Waals surface area contributed by atoms with E-state index in [9.17, 15) is 4.21 Å². The van der Waals surface area contributed by atoms with Gasteiger partial charge in [0.1, 0.15) is 0 Å². The van der Waals surface area contributed by atoms with Gasteiger partial charge in [-0.25, -0.2) is 0 Å². The molecule has 0 saturated carbocycles. The predicted molar refractivity (Wildman–Crippen MR) is 31.6 cm³/mol. The molecule has 0 aromatic carbocycles. The van der Waals surface area contributed by atoms with E-state index >= 15 is 0 Å². The maximum Gasteiger partial charge on any atom is 2.00 e. The van der Waals surface area contributed by atoms with Gasteiger partial charge in [-0.3, -0.25) is 10.5 Å². The molecule has 0 saturated heterocycles. The average Bonchev–Trinajstić information content (AvgIpc) is 0.811. The van der Waals surface area contributed by atoms with Crippen molar-refractivity contribution in [1.82, 2.24) is 0 Å². The van der Waals surface area contributed by atoms with Crippen molar-refractivity contribution in [1.29, 1.82) is 0 Å². The molecule has 2 radical (unpaired) electrons. The van der Waals surface area contributed by atoms with Gasteiger partial charge in [-0.1, -0.05) is 0 Å². The number of rotatable bonds is 0. The largest absolute Gasteiger partial charge is 2.00 e. The van der Waals surface area contributed by atoms with Crippen LogP contribution in [0.2, 0.25) is 0 Å². The first-order valence-corrected chi connectivity index (χ1v) is 2.59. The Morgan fingerprint density at radius 1 is 1.57 bits per heavy atom. The Morgan fingerprint density at radius 2 is 1.57 bits per heavy atom. The molecule has 0 rings (SSSR count). The minimum atomic E-state index is -0.861. The van der Waals surface area contributed by atoms with Gasteiger partial charge in [-0.15, -0.1) is 10.8 Å². The van der Waals surface area contributed by atoms with Crippen LogP contribution < -0.4 is 0 Å². The smallest absolute Gasteiger partial charge is 0.358 e. The fourth-order valence-corrected chi connectivity index (χ4v) is 0. The van der Waals surface area contributed by atoms with Crippen molar-refractivity contribution in [2.45, 2.75) is 0 Å². The summed E-state index contributed by atoms with van der Waals surface area (Å²) in [6.45, 7) is 0. The van der Waals surface area contributed by atoms with Gasteiger partial charge in [0.05, 0.1) is 0 Å². The van der Waals surface area contributed by atoms with Gasteiger partial charge in [0.25, 0.3) is 0 Å². The zero-order chi connectivity index (χ0) is 3.58. The molecule has 4 heteroatoms. The van der Waals surface area contributed by atoms with Gasteiger partial charge < -0.3 is 7.43 Å². The Bertz CT molecular complexity index is 37.9. The molecule has 0 spiro atoms. The Morgan fingerprint density at radius 3 is 1.57 bits per heavy atom. The summed E-state index contributed by atoms with van der Waals surface area (Å²) in [6.07, 6.45) is 4.64. The predicted octanol–water partition coefficient (Wildman–Crippen LogP) is 0.223. The molecule has 1 nitrogen and oxygen atoms in total. The van der Waals surface area contributed by atoms with Crippen molar-refractivity contribution < 1.29 is 21.3 Å². The zero-order valence-corrected chi connectivity index (χ0v) is 6.58. The van der Waals surface area contributed by atoms with Crippen LogP contribution in [0.1, 0.15) is 0 Å². The summed E-state index contributed by atoms with van der Waals surface area (Å²) in [5.74, 6) is 0. The van der Waals surface area contributed by atoms with Crippen LogP contribution in [0.5, 0.6) is 0 Å². The van der Waals surface area contributed by atoms with Crippen LogP contribution >= 0.6 is 0 Å². The van der Waals surface area contributed by atoms with Crippen molar-refractivity contribution in [3.05, 3.63) is 13.7 Å². The molecule has 0 heterocycles. The minimum Gasteiger partial charge on any atom is -0.358 e. The Labute approximate surface area is 70.7 Å². The second-order valence-corrected chi connectivity index (χ2v) is 1.72. The standard InChI is InChI=1S/C2H5OS.CH3.Cu.Li/c1-4(2)3;;;/h1H2,2H3;1H3;;/q2*-1;+2;. The summed E-state index contributed by atoms with van der Waals surface area (Å²) in [5, 5.41) is 0. The van der Waals surface area contributed by atoms with E-state index in [0.717, 1.165) is 0 Å². The van der Waals surface area contributed by atoms with Crippen LogP contribution in [0.25, 0.3) is 0 Å². The molecule has 0 aliphatic rings. The van der Waals surface area contributed by atoms with Crippen LogP contribution in [0.3, 0.4) is 0 Å². The van der Waals surface area contributed by atoms with E-state index < -0.39 is 10.8 Å². The third-order valence-electron chi connectivity index (χ3n) is 0. The van der Waals surface area contributed by atoms with E-state index in [-0.39, 0.29) is 43.4 Å². The third kappa shape index (κ3) is 126. The molecule has 7 heavy (non-hydrogen) atoms. The van der Waals surface area contributed by atoms with Crippen LogP contribution in [-0.4, -0.2) is 29.3 Å². The van der Waals surface area contributed by atoms with E-state index in [1.807, 2.05) is 0 Å². The van der Waals surface area contributed by atoms with E-state index in [1.165, 1.54) is 6.26 Å². The van der Waals surface area contributed by atoms with Crippen LogP contribution in [0.4, 0.5) is 0 Å². The van der Waals surface area contributed by atoms with Crippen molar-refractivity contribution in [3.8, 4) is 0 Å². The van der Waals surface area contributed by atoms with Crippen LogP contribution in [0.15, 0.2) is 0 Å². The van der Waals surface area contributed by atoms with Gasteiger partial charge in [0, 0.05) is 18.9 Å². The summed E-state index contributed by atoms with van der Waals surface area (Å²) in [4.78, 5) is 0. The fourth-order valence-electron chi connectivity index (χ4n) is 0. The SMILES string of the molecule is [CH2-]S(C)=O.[CH3-].[Cu+2].[Li]. The summed E-state index contributed by atoms with van der Waals surface area (Å²) in [7, 11) is -0.861. The minimum absolute atomic E-state index is 0. The van der Waals surface area contributed by atoms with E-state index in [2.05, 4.69) is 6.26 Å². The van der Waals surface area contributed by atoms with E-state index in [1.54, 1.807) is 0 Å². The first-order chi connectivity index (χ1) is 1.73. The molecule has 0 aromatic rings. The quantitative estimate of drug-likeness (QED) is 0.368. The molecular formula is C3H8CuLiOS. The monoisotopic (exact) mass is 162 g/mol. The van der Waals surface area contributed by atoms with Gasteiger partial charge in [-0.05, 0) is 6.26 Å². The third-order valence-corrected chi connectivity index (χ3v) is 0. The summed E-state index contributed by atoms with van der Waals surface area (Å²) in [5.41, 5.74) is 0. The normalized spacial score (nSPS) is 8.86. The van der Waals surface area contributed by atoms with Crippen molar-refractivity contribution >= 4 is 29.7 Å². The molecule has 44 valence electrons. The molecule has 1 unspecified atom stereocenters. The summed E-state index contributed by atoms with van der Waals surface area (Å²) < 4.78 is 9.44. The molecule has 0 aliphatic heterocycles. The second-order valence-electron chi connectivity index (χ2n) is 0.573. The molecule has 0 fully saturated rings. The summed E-state index contributed by atoms with van der Waals surface area (Å²) >= 11 is 0. The van der Waals surface area contributed by atoms with Gasteiger partial charge >= 0.3 is 17.1 Å².